The molecule has 1 nitrogen and oxygen atoms in total. The number of hydrogen-bond donors (Lipinski definition) is 0. The average Bonchev–Trinajstić information content (AvgIpc) is 1.86. The van der Waals surface area contributed by atoms with Gasteiger partial charge in [-0.15, -0.1) is 4.48 Å². The predicted molar refractivity (Wildman–Crippen MR) is 24.5 cm³/mol. The van der Waals surface area contributed by atoms with E-state index in [1.165, 1.54) is 0 Å². The minimum absolute atomic E-state index is 0.435. The van der Waals surface area contributed by atoms with E-state index < -0.39 is 0 Å². The molecule has 1 aliphatic rings. The lowest BCUT2D eigenvalue weighted by Gasteiger charge is -1.92. The molecule has 0 atom stereocenters. The molecule has 0 saturated carbocycles. The summed E-state index contributed by atoms with van der Waals surface area (Å²) < 4.78 is 12.3. The molecular weight excluding hydrogens is 101 g/mol. The zero-order valence-corrected chi connectivity index (χ0v) is 3.91. The zero-order valence-electron chi connectivity index (χ0n) is 3.10. The van der Waals surface area contributed by atoms with E-state index in [9.17, 15) is 4.48 Å². The molecule has 1 aliphatic heterocycles. The van der Waals surface area contributed by atoms with Gasteiger partial charge in [0, 0.05) is 0 Å². The van der Waals surface area contributed by atoms with Gasteiger partial charge in [-0.25, -0.2) is 0 Å². The average molecular weight is 105 g/mol. The van der Waals surface area contributed by atoms with Crippen LogP contribution in [-0.4, -0.2) is 11.1 Å². The van der Waals surface area contributed by atoms with Crippen molar-refractivity contribution >= 4 is 11.9 Å². The summed E-state index contributed by atoms with van der Waals surface area (Å²) in [5, 5.41) is 1.72. The Labute approximate surface area is 39.9 Å². The van der Waals surface area contributed by atoms with Crippen LogP contribution in [0.3, 0.4) is 0 Å². The Bertz CT molecular complexity index is 65.2. The molecule has 0 N–H and O–H groups in total. The van der Waals surface area contributed by atoms with E-state index in [0.29, 0.717) is 11.1 Å². The molecule has 3 heteroatoms. The highest BCUT2D eigenvalue weighted by atomic mass is 32.2. The van der Waals surface area contributed by atoms with Crippen molar-refractivity contribution in [2.75, 3.05) is 6.54 Å². The highest BCUT2D eigenvalue weighted by Crippen LogP contribution is 2.16. The lowest BCUT2D eigenvalue weighted by molar-refractivity contribution is 0.183. The van der Waals surface area contributed by atoms with Gasteiger partial charge in [-0.05, 0) is 17.4 Å². The molecule has 0 spiro atoms. The van der Waals surface area contributed by atoms with Gasteiger partial charge < -0.3 is 0 Å². The first-order valence-corrected chi connectivity index (χ1v) is 2.48. The van der Waals surface area contributed by atoms with E-state index in [1.807, 2.05) is 0 Å². The Morgan fingerprint density at radius 2 is 2.67 bits per heavy atom. The summed E-state index contributed by atoms with van der Waals surface area (Å²) in [6, 6.07) is 0. The van der Waals surface area contributed by atoms with Crippen LogP contribution in [-0.2, 0) is 0 Å². The van der Waals surface area contributed by atoms with Crippen LogP contribution < -0.4 is 0 Å². The molecule has 0 unspecified atom stereocenters. The van der Waals surface area contributed by atoms with Crippen molar-refractivity contribution in [2.45, 2.75) is 0 Å². The first-order chi connectivity index (χ1) is 2.89. The first-order valence-electron chi connectivity index (χ1n) is 1.65. The van der Waals surface area contributed by atoms with Crippen LogP contribution >= 0.6 is 11.9 Å². The SMILES string of the molecule is FN1CC=CS1. The van der Waals surface area contributed by atoms with Gasteiger partial charge in [-0.1, -0.05) is 10.6 Å². The van der Waals surface area contributed by atoms with Crippen molar-refractivity contribution in [1.82, 2.24) is 4.53 Å². The summed E-state index contributed by atoms with van der Waals surface area (Å²) in [5.74, 6) is 0. The van der Waals surface area contributed by atoms with E-state index in [4.69, 9.17) is 0 Å². The lowest BCUT2D eigenvalue weighted by atomic mass is 10.7. The van der Waals surface area contributed by atoms with Crippen molar-refractivity contribution in [2.24, 2.45) is 0 Å². The smallest absolute Gasteiger partial charge is 0.0600 e. The van der Waals surface area contributed by atoms with Gasteiger partial charge in [0.15, 0.2) is 0 Å². The number of halogens is 1. The van der Waals surface area contributed by atoms with E-state index in [2.05, 4.69) is 0 Å². The van der Waals surface area contributed by atoms with Crippen LogP contribution in [0, 0.1) is 0 Å². The molecule has 0 amide bonds. The van der Waals surface area contributed by atoms with E-state index in [-0.39, 0.29) is 0 Å². The summed E-state index contributed by atoms with van der Waals surface area (Å²) in [5.41, 5.74) is 0. The second kappa shape index (κ2) is 1.62. The summed E-state index contributed by atoms with van der Waals surface area (Å²) in [4.78, 5) is 0. The Balaban J connectivity index is 2.32. The molecule has 34 valence electrons. The fraction of sp³-hybridized carbons (Fsp3) is 0.333. The van der Waals surface area contributed by atoms with Gasteiger partial charge in [0.1, 0.15) is 0 Å². The summed E-state index contributed by atoms with van der Waals surface area (Å²) >= 11 is 1.08. The van der Waals surface area contributed by atoms with Crippen LogP contribution in [0.15, 0.2) is 11.5 Å². The Morgan fingerprint density at radius 1 is 1.83 bits per heavy atom. The number of nitrogens with zero attached hydrogens (tertiary/aromatic N) is 1. The molecule has 0 aliphatic carbocycles. The van der Waals surface area contributed by atoms with Crippen LogP contribution in [0.5, 0.6) is 0 Å². The van der Waals surface area contributed by atoms with Crippen LogP contribution in [0.4, 0.5) is 4.48 Å². The molecule has 1 heterocycles. The first kappa shape index (κ1) is 4.15. The molecule has 0 aromatic carbocycles. The monoisotopic (exact) mass is 105 g/mol. The minimum atomic E-state index is 0.435. The minimum Gasteiger partial charge on any atom is -0.122 e. The fourth-order valence-corrected chi connectivity index (χ4v) is 0.754. The predicted octanol–water partition coefficient (Wildman–Crippen LogP) is 1.35. The summed E-state index contributed by atoms with van der Waals surface area (Å²) in [6.45, 7) is 0.435. The highest BCUT2D eigenvalue weighted by molar-refractivity contribution is 7.99. The molecule has 1 rings (SSSR count). The largest absolute Gasteiger partial charge is 0.122 e. The fourth-order valence-electron chi connectivity index (χ4n) is 0.278. The second-order valence-corrected chi connectivity index (χ2v) is 1.86. The normalized spacial score (nSPS) is 22.8. The molecule has 0 fully saturated rings. The maximum absolute atomic E-state index is 11.7. The third kappa shape index (κ3) is 0.725. The van der Waals surface area contributed by atoms with Crippen molar-refractivity contribution in [3.63, 3.8) is 0 Å². The van der Waals surface area contributed by atoms with Crippen molar-refractivity contribution in [1.29, 1.82) is 0 Å². The molecular formula is C3H4FNS. The van der Waals surface area contributed by atoms with Crippen LogP contribution in [0.1, 0.15) is 0 Å². The Morgan fingerprint density at radius 3 is 2.83 bits per heavy atom. The zero-order chi connectivity index (χ0) is 4.41. The highest BCUT2D eigenvalue weighted by Gasteiger charge is 2.01. The molecule has 6 heavy (non-hydrogen) atoms. The number of hydrogen-bond acceptors (Lipinski definition) is 2. The quantitative estimate of drug-likeness (QED) is 0.338. The maximum Gasteiger partial charge on any atom is 0.0600 e. The summed E-state index contributed by atoms with van der Waals surface area (Å²) in [6.07, 6.45) is 1.77. The Kier molecular flexibility index (Phi) is 1.12. The summed E-state index contributed by atoms with van der Waals surface area (Å²) in [7, 11) is 0. The standard InChI is InChI=1S/C3H4FNS/c4-5-2-1-3-6-5/h1,3H,2H2. The molecule has 0 aromatic rings. The van der Waals surface area contributed by atoms with Crippen LogP contribution in [0.2, 0.25) is 0 Å². The molecule has 0 radical (unpaired) electrons. The van der Waals surface area contributed by atoms with Crippen molar-refractivity contribution in [3.05, 3.63) is 11.5 Å². The van der Waals surface area contributed by atoms with Gasteiger partial charge in [-0.3, -0.25) is 0 Å². The molecule has 0 aromatic heterocycles. The third-order valence-electron chi connectivity index (χ3n) is 0.520. The second-order valence-electron chi connectivity index (χ2n) is 0.977. The third-order valence-corrected chi connectivity index (χ3v) is 1.21. The van der Waals surface area contributed by atoms with E-state index in [0.717, 1.165) is 11.9 Å². The lowest BCUT2D eigenvalue weighted by Crippen LogP contribution is -1.94. The van der Waals surface area contributed by atoms with Gasteiger partial charge in [0.2, 0.25) is 0 Å². The van der Waals surface area contributed by atoms with Gasteiger partial charge in [-0.2, -0.15) is 0 Å². The van der Waals surface area contributed by atoms with Gasteiger partial charge in [0.05, 0.1) is 6.54 Å². The van der Waals surface area contributed by atoms with Crippen molar-refractivity contribution in [3.8, 4) is 0 Å². The Hall–Kier alpha value is -0.0200. The maximum atomic E-state index is 11.7. The van der Waals surface area contributed by atoms with Gasteiger partial charge >= 0.3 is 0 Å². The van der Waals surface area contributed by atoms with E-state index >= 15 is 0 Å². The van der Waals surface area contributed by atoms with E-state index in [1.54, 1.807) is 11.5 Å². The number of rotatable bonds is 0. The van der Waals surface area contributed by atoms with Crippen molar-refractivity contribution < 1.29 is 4.48 Å². The molecule has 0 bridgehead atoms. The molecule has 0 saturated heterocycles. The topological polar surface area (TPSA) is 3.24 Å². The van der Waals surface area contributed by atoms with Crippen LogP contribution in [0.25, 0.3) is 0 Å². The van der Waals surface area contributed by atoms with Gasteiger partial charge in [0.25, 0.3) is 0 Å².